The summed E-state index contributed by atoms with van der Waals surface area (Å²) >= 11 is 0. The lowest BCUT2D eigenvalue weighted by Gasteiger charge is -2.21. The van der Waals surface area contributed by atoms with E-state index in [0.717, 1.165) is 24.5 Å². The summed E-state index contributed by atoms with van der Waals surface area (Å²) in [5.74, 6) is 0.513. The normalized spacial score (nSPS) is 24.0. The molecule has 92 valence electrons. The van der Waals surface area contributed by atoms with E-state index in [4.69, 9.17) is 11.5 Å². The van der Waals surface area contributed by atoms with Crippen LogP contribution in [0, 0.1) is 5.41 Å². The van der Waals surface area contributed by atoms with Crippen molar-refractivity contribution < 1.29 is 4.79 Å². The van der Waals surface area contributed by atoms with Gasteiger partial charge in [0.05, 0.1) is 23.5 Å². The Morgan fingerprint density at radius 3 is 2.76 bits per heavy atom. The van der Waals surface area contributed by atoms with Gasteiger partial charge in [-0.2, -0.15) is 0 Å². The highest BCUT2D eigenvalue weighted by Gasteiger charge is 2.39. The van der Waals surface area contributed by atoms with Crippen LogP contribution >= 0.6 is 0 Å². The zero-order chi connectivity index (χ0) is 12.5. The molecule has 6 heteroatoms. The second-order valence-electron chi connectivity index (χ2n) is 4.67. The average Bonchev–Trinajstić information content (AvgIpc) is 2.74. The first-order chi connectivity index (χ1) is 8.05. The minimum atomic E-state index is -0.464. The molecule has 0 aromatic carbocycles. The van der Waals surface area contributed by atoms with Crippen LogP contribution < -0.4 is 16.4 Å². The van der Waals surface area contributed by atoms with Crippen LogP contribution in [0.25, 0.3) is 0 Å². The number of carbonyl (C=O) groups excluding carboxylic acids is 1. The van der Waals surface area contributed by atoms with Gasteiger partial charge in [-0.15, -0.1) is 0 Å². The average molecular weight is 235 g/mol. The molecule has 1 unspecified atom stereocenters. The van der Waals surface area contributed by atoms with Gasteiger partial charge in [-0.05, 0) is 13.3 Å². The number of primary amides is 1. The first-order valence-corrected chi connectivity index (χ1v) is 5.61. The molecule has 4 N–H and O–H groups in total. The Bertz CT molecular complexity index is 418. The number of hydrogen-bond donors (Lipinski definition) is 2. The minimum Gasteiger partial charge on any atom is -0.369 e. The molecule has 0 aliphatic carbocycles. The maximum atomic E-state index is 11.3. The number of rotatable bonds is 3. The van der Waals surface area contributed by atoms with Crippen LogP contribution in [-0.4, -0.2) is 29.0 Å². The molecule has 1 atom stereocenters. The van der Waals surface area contributed by atoms with E-state index in [-0.39, 0.29) is 5.91 Å². The van der Waals surface area contributed by atoms with Gasteiger partial charge < -0.3 is 16.4 Å². The lowest BCUT2D eigenvalue weighted by molar-refractivity contribution is -0.125. The molecule has 1 aliphatic rings. The monoisotopic (exact) mass is 235 g/mol. The van der Waals surface area contributed by atoms with Gasteiger partial charge in [0.1, 0.15) is 5.82 Å². The summed E-state index contributed by atoms with van der Waals surface area (Å²) in [6.45, 7) is 3.64. The highest BCUT2D eigenvalue weighted by molar-refractivity contribution is 5.81. The summed E-state index contributed by atoms with van der Waals surface area (Å²) in [6.07, 6.45) is 4.10. The van der Waals surface area contributed by atoms with Crippen LogP contribution in [0.3, 0.4) is 0 Å². The predicted molar refractivity (Wildman–Crippen MR) is 64.1 cm³/mol. The quantitative estimate of drug-likeness (QED) is 0.745. The number of nitrogens with zero attached hydrogens (tertiary/aromatic N) is 3. The van der Waals surface area contributed by atoms with Gasteiger partial charge in [0, 0.05) is 19.6 Å². The third kappa shape index (κ3) is 2.21. The van der Waals surface area contributed by atoms with Crippen molar-refractivity contribution in [3.63, 3.8) is 0 Å². The van der Waals surface area contributed by atoms with E-state index in [0.29, 0.717) is 13.1 Å². The van der Waals surface area contributed by atoms with Gasteiger partial charge in [-0.1, -0.05) is 0 Å². The summed E-state index contributed by atoms with van der Waals surface area (Å²) in [5.41, 5.74) is 11.1. The van der Waals surface area contributed by atoms with Crippen LogP contribution in [0.5, 0.6) is 0 Å². The van der Waals surface area contributed by atoms with Crippen molar-refractivity contribution in [1.29, 1.82) is 0 Å². The molecule has 6 nitrogen and oxygen atoms in total. The molecular formula is C11H17N5O. The fourth-order valence-corrected chi connectivity index (χ4v) is 1.97. The molecule has 2 rings (SSSR count). The van der Waals surface area contributed by atoms with Crippen molar-refractivity contribution in [2.24, 2.45) is 16.9 Å². The Morgan fingerprint density at radius 1 is 1.53 bits per heavy atom. The maximum absolute atomic E-state index is 11.3. The number of nitrogens with two attached hydrogens (primary N) is 2. The summed E-state index contributed by atoms with van der Waals surface area (Å²) < 4.78 is 0. The molecule has 0 spiro atoms. The SMILES string of the molecule is CC1(C(N)=O)CCN(c2cnc(CN)cn2)C1. The summed E-state index contributed by atoms with van der Waals surface area (Å²) in [7, 11) is 0. The fourth-order valence-electron chi connectivity index (χ4n) is 1.97. The minimum absolute atomic E-state index is 0.258. The van der Waals surface area contributed by atoms with Gasteiger partial charge in [0.15, 0.2) is 0 Å². The smallest absolute Gasteiger partial charge is 0.225 e. The molecule has 1 aliphatic heterocycles. The molecule has 1 saturated heterocycles. The largest absolute Gasteiger partial charge is 0.369 e. The molecule has 2 heterocycles. The molecule has 17 heavy (non-hydrogen) atoms. The standard InChI is InChI=1S/C11H17N5O/c1-11(10(13)17)2-3-16(7-11)9-6-14-8(4-12)5-15-9/h5-6H,2-4,7,12H2,1H3,(H2,13,17). The molecule has 0 saturated carbocycles. The van der Waals surface area contributed by atoms with E-state index in [2.05, 4.69) is 9.97 Å². The Labute approximate surface area is 100 Å². The number of aromatic nitrogens is 2. The second kappa shape index (κ2) is 4.29. The van der Waals surface area contributed by atoms with Gasteiger partial charge in [-0.25, -0.2) is 4.98 Å². The number of carbonyl (C=O) groups is 1. The van der Waals surface area contributed by atoms with Crippen molar-refractivity contribution in [2.45, 2.75) is 19.9 Å². The first-order valence-electron chi connectivity index (χ1n) is 5.61. The molecule has 0 radical (unpaired) electrons. The highest BCUT2D eigenvalue weighted by Crippen LogP contribution is 2.31. The van der Waals surface area contributed by atoms with E-state index >= 15 is 0 Å². The van der Waals surface area contributed by atoms with Crippen LogP contribution in [0.1, 0.15) is 19.0 Å². The van der Waals surface area contributed by atoms with Crippen LogP contribution in [0.15, 0.2) is 12.4 Å². The zero-order valence-electron chi connectivity index (χ0n) is 9.89. The Morgan fingerprint density at radius 2 is 2.29 bits per heavy atom. The van der Waals surface area contributed by atoms with Crippen LogP contribution in [0.4, 0.5) is 5.82 Å². The summed E-state index contributed by atoms with van der Waals surface area (Å²) in [4.78, 5) is 21.8. The van der Waals surface area contributed by atoms with Crippen molar-refractivity contribution in [3.8, 4) is 0 Å². The summed E-state index contributed by atoms with van der Waals surface area (Å²) in [6, 6.07) is 0. The molecule has 1 fully saturated rings. The van der Waals surface area contributed by atoms with E-state index in [9.17, 15) is 4.79 Å². The third-order valence-corrected chi connectivity index (χ3v) is 3.29. The van der Waals surface area contributed by atoms with E-state index in [1.54, 1.807) is 12.4 Å². The van der Waals surface area contributed by atoms with Crippen molar-refractivity contribution in [2.75, 3.05) is 18.0 Å². The predicted octanol–water partition coefficient (Wildman–Crippen LogP) is -0.363. The number of anilines is 1. The van der Waals surface area contributed by atoms with Crippen LogP contribution in [0.2, 0.25) is 0 Å². The Hall–Kier alpha value is -1.69. The van der Waals surface area contributed by atoms with Gasteiger partial charge >= 0.3 is 0 Å². The fraction of sp³-hybridized carbons (Fsp3) is 0.545. The lowest BCUT2D eigenvalue weighted by atomic mass is 9.89. The van der Waals surface area contributed by atoms with E-state index in [1.165, 1.54) is 0 Å². The Balaban J connectivity index is 2.12. The van der Waals surface area contributed by atoms with E-state index in [1.807, 2.05) is 11.8 Å². The molecule has 1 aromatic rings. The summed E-state index contributed by atoms with van der Waals surface area (Å²) in [5, 5.41) is 0. The highest BCUT2D eigenvalue weighted by atomic mass is 16.1. The first kappa shape index (κ1) is 11.8. The lowest BCUT2D eigenvalue weighted by Crippen LogP contribution is -2.37. The van der Waals surface area contributed by atoms with Crippen molar-refractivity contribution in [3.05, 3.63) is 18.1 Å². The molecule has 1 aromatic heterocycles. The second-order valence-corrected chi connectivity index (χ2v) is 4.67. The maximum Gasteiger partial charge on any atom is 0.225 e. The van der Waals surface area contributed by atoms with Crippen LogP contribution in [-0.2, 0) is 11.3 Å². The van der Waals surface area contributed by atoms with Gasteiger partial charge in [-0.3, -0.25) is 9.78 Å². The van der Waals surface area contributed by atoms with Gasteiger partial charge in [0.25, 0.3) is 0 Å². The zero-order valence-corrected chi connectivity index (χ0v) is 9.89. The van der Waals surface area contributed by atoms with Crippen molar-refractivity contribution >= 4 is 11.7 Å². The van der Waals surface area contributed by atoms with E-state index < -0.39 is 5.41 Å². The third-order valence-electron chi connectivity index (χ3n) is 3.29. The molecular weight excluding hydrogens is 218 g/mol. The number of hydrogen-bond acceptors (Lipinski definition) is 5. The van der Waals surface area contributed by atoms with Crippen molar-refractivity contribution in [1.82, 2.24) is 9.97 Å². The Kier molecular flexibility index (Phi) is 2.97. The number of amides is 1. The van der Waals surface area contributed by atoms with Gasteiger partial charge in [0.2, 0.25) is 5.91 Å². The molecule has 0 bridgehead atoms. The molecule has 1 amide bonds. The topological polar surface area (TPSA) is 98.1 Å².